The number of hydrogen-bond acceptors (Lipinski definition) is 6. The van der Waals surface area contributed by atoms with Gasteiger partial charge in [-0.1, -0.05) is 239 Å². The lowest BCUT2D eigenvalue weighted by Gasteiger charge is -2.19. The van der Waals surface area contributed by atoms with Gasteiger partial charge in [-0.05, 0) is 0 Å². The maximum Gasteiger partial charge on any atom is 0.194 e. The van der Waals surface area contributed by atoms with Crippen LogP contribution < -0.4 is 0 Å². The SMILES string of the molecule is BrC(Br)(Br)c1nc(C(Br)(Br)Br)nc(C(Br)(Br)Br)n1.BrC(Br)c1nc(C(Br)Br)nc(C(Br)Br)n1. The molecule has 33 heavy (non-hydrogen) atoms. The van der Waals surface area contributed by atoms with Gasteiger partial charge in [-0.25, -0.2) is 29.9 Å². The Hall–Kier alpha value is 5.22. The predicted octanol–water partition coefficient (Wildman–Crippen LogP) is 12.0. The summed E-state index contributed by atoms with van der Waals surface area (Å²) in [6.45, 7) is 0. The number of halogens is 15. The minimum Gasteiger partial charge on any atom is -0.214 e. The Bertz CT molecular complexity index is 793. The minimum absolute atomic E-state index is 0.0944. The highest BCUT2D eigenvalue weighted by Crippen LogP contribution is 2.49. The highest BCUT2D eigenvalue weighted by molar-refractivity contribution is 9.39. The molecule has 2 aromatic heterocycles. The number of hydrogen-bond donors (Lipinski definition) is 0. The number of alkyl halides is 15. The first-order valence-electron chi connectivity index (χ1n) is 7.31. The zero-order valence-electron chi connectivity index (χ0n) is 14.6. The van der Waals surface area contributed by atoms with Gasteiger partial charge in [0.1, 0.15) is 11.2 Å². The smallest absolute Gasteiger partial charge is 0.194 e. The molecule has 0 aliphatic rings. The van der Waals surface area contributed by atoms with Crippen LogP contribution in [0.1, 0.15) is 46.2 Å². The van der Waals surface area contributed by atoms with Crippen LogP contribution in [0.5, 0.6) is 0 Å². The molecule has 0 fully saturated rings. The molecular formula is C12H3Br15N6. The van der Waals surface area contributed by atoms with Gasteiger partial charge in [-0.15, -0.1) is 0 Å². The first-order chi connectivity index (χ1) is 14.7. The largest absolute Gasteiger partial charge is 0.214 e. The molecule has 0 spiro atoms. The molecule has 21 heteroatoms. The summed E-state index contributed by atoms with van der Waals surface area (Å²) < 4.78 is -2.50. The van der Waals surface area contributed by atoms with Crippen molar-refractivity contribution in [2.45, 2.75) is 17.6 Å². The van der Waals surface area contributed by atoms with E-state index in [-0.39, 0.29) is 11.2 Å². The average molecular weight is 1430 g/mol. The van der Waals surface area contributed by atoms with Gasteiger partial charge in [0.25, 0.3) is 0 Å². The van der Waals surface area contributed by atoms with Crippen molar-refractivity contribution in [1.29, 1.82) is 0 Å². The molecule has 0 amide bonds. The van der Waals surface area contributed by atoms with E-state index in [1.165, 1.54) is 0 Å². The summed E-state index contributed by atoms with van der Waals surface area (Å²) in [4.78, 5) is 25.8. The lowest BCUT2D eigenvalue weighted by molar-refractivity contribution is 0.834. The number of rotatable bonds is 3. The van der Waals surface area contributed by atoms with Crippen LogP contribution in [-0.2, 0) is 6.43 Å². The monoisotopic (exact) mass is 1410 g/mol. The third-order valence-electron chi connectivity index (χ3n) is 2.67. The van der Waals surface area contributed by atoms with Gasteiger partial charge >= 0.3 is 0 Å². The van der Waals surface area contributed by atoms with E-state index in [1.54, 1.807) is 0 Å². The molecule has 0 aromatic carbocycles. The van der Waals surface area contributed by atoms with Gasteiger partial charge in [-0.3, -0.25) is 0 Å². The van der Waals surface area contributed by atoms with E-state index in [9.17, 15) is 0 Å². The van der Waals surface area contributed by atoms with Gasteiger partial charge in [0, 0.05) is 0 Å². The van der Waals surface area contributed by atoms with Crippen LogP contribution >= 0.6 is 239 Å². The van der Waals surface area contributed by atoms with Gasteiger partial charge in [0.05, 0.1) is 0 Å². The van der Waals surface area contributed by atoms with Crippen LogP contribution in [0.25, 0.3) is 0 Å². The van der Waals surface area contributed by atoms with E-state index >= 15 is 0 Å². The molecule has 0 saturated heterocycles. The first-order valence-corrected chi connectivity index (χ1v) is 19.9. The van der Waals surface area contributed by atoms with Crippen LogP contribution in [0.15, 0.2) is 0 Å². The van der Waals surface area contributed by atoms with Crippen molar-refractivity contribution in [1.82, 2.24) is 29.9 Å². The zero-order chi connectivity index (χ0) is 25.9. The van der Waals surface area contributed by atoms with E-state index in [0.717, 1.165) is 0 Å². The molecule has 6 nitrogen and oxygen atoms in total. The predicted molar refractivity (Wildman–Crippen MR) is 187 cm³/mol. The maximum absolute atomic E-state index is 4.32. The van der Waals surface area contributed by atoms with Crippen molar-refractivity contribution in [2.24, 2.45) is 0 Å². The average Bonchev–Trinajstić information content (AvgIpc) is 2.65. The standard InChI is InChI=1S/C6Br9N3.C6H3Br6N3/c7-4(8,9)1-16-2(5(10,11)12)18-3(17-1)6(13,14)15;7-1(8)4-13-5(2(9)10)15-6(14-4)3(11)12/h;1-3H. The fourth-order valence-corrected chi connectivity index (χ4v) is 4.30. The van der Waals surface area contributed by atoms with Gasteiger partial charge in [0.2, 0.25) is 0 Å². The Morgan fingerprint density at radius 1 is 0.364 bits per heavy atom. The Balaban J connectivity index is 0.000000335. The van der Waals surface area contributed by atoms with E-state index in [0.29, 0.717) is 34.9 Å². The molecule has 186 valence electrons. The highest BCUT2D eigenvalue weighted by atomic mass is 80.0. The second-order valence-electron chi connectivity index (χ2n) is 5.11. The zero-order valence-corrected chi connectivity index (χ0v) is 38.4. The van der Waals surface area contributed by atoms with Crippen LogP contribution in [0.3, 0.4) is 0 Å². The summed E-state index contributed by atoms with van der Waals surface area (Å²) in [6, 6.07) is 0. The quantitative estimate of drug-likeness (QED) is 0.285. The number of nitrogens with zero attached hydrogens (tertiary/aromatic N) is 6. The second-order valence-corrected chi connectivity index (χ2v) is 34.6. The fourth-order valence-electron chi connectivity index (χ4n) is 1.48. The molecule has 0 aliphatic heterocycles. The second kappa shape index (κ2) is 15.4. The van der Waals surface area contributed by atoms with E-state index in [4.69, 9.17) is 0 Å². The summed E-state index contributed by atoms with van der Waals surface area (Å²) in [5.41, 5.74) is 0. The lowest BCUT2D eigenvalue weighted by atomic mass is 10.5. The minimum atomic E-state index is -0.740. The van der Waals surface area contributed by atoms with E-state index in [1.807, 2.05) is 0 Å². The Morgan fingerprint density at radius 2 is 0.545 bits per heavy atom. The third kappa shape index (κ3) is 13.2. The van der Waals surface area contributed by atoms with E-state index in [2.05, 4.69) is 269 Å². The van der Waals surface area contributed by atoms with Crippen molar-refractivity contribution in [3.8, 4) is 0 Å². The normalized spacial score (nSPS) is 12.9. The van der Waals surface area contributed by atoms with Crippen LogP contribution in [-0.4, -0.2) is 29.9 Å². The highest BCUT2D eigenvalue weighted by Gasteiger charge is 2.35. The van der Waals surface area contributed by atoms with Gasteiger partial charge in [0.15, 0.2) is 41.4 Å². The molecule has 2 aromatic rings. The Labute approximate surface area is 315 Å². The summed E-state index contributed by atoms with van der Waals surface area (Å²) in [5.74, 6) is 3.24. The number of aromatic nitrogens is 6. The molecule has 0 radical (unpaired) electrons. The summed E-state index contributed by atoms with van der Waals surface area (Å²) in [6.07, 6.45) is 0. The first kappa shape index (κ1) is 36.2. The van der Waals surface area contributed by atoms with Gasteiger partial charge < -0.3 is 0 Å². The molecule has 0 aliphatic carbocycles. The Morgan fingerprint density at radius 3 is 0.667 bits per heavy atom. The van der Waals surface area contributed by atoms with Crippen molar-refractivity contribution in [3.63, 3.8) is 0 Å². The molecule has 2 heterocycles. The summed E-state index contributed by atoms with van der Waals surface area (Å²) in [7, 11) is 0. The molecular weight excluding hydrogens is 1430 g/mol. The molecule has 0 saturated carbocycles. The van der Waals surface area contributed by atoms with Crippen molar-refractivity contribution in [3.05, 3.63) is 34.9 Å². The van der Waals surface area contributed by atoms with Crippen LogP contribution in [0.2, 0.25) is 0 Å². The van der Waals surface area contributed by atoms with Crippen molar-refractivity contribution in [2.75, 3.05) is 0 Å². The molecule has 0 unspecified atom stereocenters. The van der Waals surface area contributed by atoms with E-state index < -0.39 is 6.43 Å². The van der Waals surface area contributed by atoms with Crippen LogP contribution in [0, 0.1) is 0 Å². The summed E-state index contributed by atoms with van der Waals surface area (Å²) >= 11 is 50.5. The van der Waals surface area contributed by atoms with Crippen molar-refractivity contribution >= 4 is 239 Å². The van der Waals surface area contributed by atoms with Crippen molar-refractivity contribution < 1.29 is 0 Å². The third-order valence-corrected chi connectivity index (χ3v) is 8.32. The van der Waals surface area contributed by atoms with Crippen LogP contribution in [0.4, 0.5) is 0 Å². The molecule has 0 N–H and O–H groups in total. The topological polar surface area (TPSA) is 77.3 Å². The molecule has 0 atom stereocenters. The molecule has 2 rings (SSSR count). The lowest BCUT2D eigenvalue weighted by Crippen LogP contribution is -2.19. The summed E-state index contributed by atoms with van der Waals surface area (Å²) in [5, 5.41) is 0. The molecule has 0 bridgehead atoms. The fraction of sp³-hybridized carbons (Fsp3) is 0.500. The van der Waals surface area contributed by atoms with Gasteiger partial charge in [-0.2, -0.15) is 0 Å². The maximum atomic E-state index is 4.32. The Kier molecular flexibility index (Phi) is 17.0.